The summed E-state index contributed by atoms with van der Waals surface area (Å²) in [5.41, 5.74) is 7.36. The number of fused-ring (bicyclic) bond motifs is 2. The van der Waals surface area contributed by atoms with E-state index < -0.39 is 0 Å². The van der Waals surface area contributed by atoms with E-state index in [1.807, 2.05) is 0 Å². The van der Waals surface area contributed by atoms with Crippen molar-refractivity contribution in [3.8, 4) is 0 Å². The van der Waals surface area contributed by atoms with Crippen molar-refractivity contribution in [2.45, 2.75) is 6.92 Å². The third-order valence-electron chi connectivity index (χ3n) is 4.23. The highest BCUT2D eigenvalue weighted by Gasteiger charge is 2.26. The van der Waals surface area contributed by atoms with Crippen LogP contribution in [0.3, 0.4) is 0 Å². The molecule has 0 aromatic heterocycles. The van der Waals surface area contributed by atoms with Crippen LogP contribution in [0, 0.1) is 6.92 Å². The molecule has 0 saturated heterocycles. The third kappa shape index (κ3) is 1.88. The first-order valence-electron chi connectivity index (χ1n) is 7.54. The van der Waals surface area contributed by atoms with E-state index in [4.69, 9.17) is 0 Å². The van der Waals surface area contributed by atoms with Gasteiger partial charge in [0.2, 0.25) is 0 Å². The van der Waals surface area contributed by atoms with Crippen LogP contribution in [-0.2, 0) is 0 Å². The van der Waals surface area contributed by atoms with Gasteiger partial charge in [-0.15, -0.1) is 0 Å². The molecule has 1 heterocycles. The fourth-order valence-electron chi connectivity index (χ4n) is 3.18. The van der Waals surface area contributed by atoms with Gasteiger partial charge in [-0.1, -0.05) is 36.4 Å². The van der Waals surface area contributed by atoms with Gasteiger partial charge in [0.1, 0.15) is 0 Å². The van der Waals surface area contributed by atoms with Crippen LogP contribution in [0.4, 0.5) is 28.4 Å². The summed E-state index contributed by atoms with van der Waals surface area (Å²) in [4.78, 5) is 4.61. The standard InChI is InChI=1S/C20H18N2/c1-15-8-7-9-16(14-15)22-19-12-5-3-10-17(19)21(2)18-11-4-6-13-20(18)22/h3-14H,1-2H3. The second kappa shape index (κ2) is 4.92. The van der Waals surface area contributed by atoms with Gasteiger partial charge in [0.25, 0.3) is 0 Å². The Morgan fingerprint density at radius 3 is 1.73 bits per heavy atom. The second-order valence-corrected chi connectivity index (χ2v) is 5.71. The largest absolute Gasteiger partial charge is 0.341 e. The molecule has 108 valence electrons. The van der Waals surface area contributed by atoms with Gasteiger partial charge >= 0.3 is 0 Å². The molecule has 0 bridgehead atoms. The summed E-state index contributed by atoms with van der Waals surface area (Å²) in [6.07, 6.45) is 0. The summed E-state index contributed by atoms with van der Waals surface area (Å²) in [5, 5.41) is 0. The number of aryl methyl sites for hydroxylation is 1. The van der Waals surface area contributed by atoms with Gasteiger partial charge in [0.15, 0.2) is 0 Å². The first kappa shape index (κ1) is 13.0. The first-order valence-corrected chi connectivity index (χ1v) is 7.54. The minimum absolute atomic E-state index is 1.20. The second-order valence-electron chi connectivity index (χ2n) is 5.71. The summed E-state index contributed by atoms with van der Waals surface area (Å²) < 4.78 is 0. The highest BCUT2D eigenvalue weighted by molar-refractivity contribution is 5.97. The van der Waals surface area contributed by atoms with Crippen LogP contribution in [0.25, 0.3) is 0 Å². The molecule has 0 saturated carbocycles. The summed E-state index contributed by atoms with van der Waals surface area (Å²) in [7, 11) is 2.13. The molecule has 1 aliphatic rings. The Bertz CT molecular complexity index is 791. The molecule has 22 heavy (non-hydrogen) atoms. The lowest BCUT2D eigenvalue weighted by Crippen LogP contribution is -2.23. The number of rotatable bonds is 1. The summed E-state index contributed by atoms with van der Waals surface area (Å²) >= 11 is 0. The van der Waals surface area contributed by atoms with Crippen LogP contribution in [0.2, 0.25) is 0 Å². The van der Waals surface area contributed by atoms with Crippen molar-refractivity contribution < 1.29 is 0 Å². The van der Waals surface area contributed by atoms with Gasteiger partial charge < -0.3 is 9.80 Å². The maximum absolute atomic E-state index is 2.34. The van der Waals surface area contributed by atoms with Crippen molar-refractivity contribution in [3.63, 3.8) is 0 Å². The Kier molecular flexibility index (Phi) is 2.90. The average Bonchev–Trinajstić information content (AvgIpc) is 2.55. The molecule has 2 nitrogen and oxygen atoms in total. The maximum atomic E-state index is 2.34. The fraction of sp³-hybridized carbons (Fsp3) is 0.100. The molecule has 0 unspecified atom stereocenters. The number of para-hydroxylation sites is 4. The lowest BCUT2D eigenvalue weighted by Gasteiger charge is -2.38. The average molecular weight is 286 g/mol. The maximum Gasteiger partial charge on any atom is 0.0699 e. The van der Waals surface area contributed by atoms with E-state index in [-0.39, 0.29) is 0 Å². The number of hydrogen-bond acceptors (Lipinski definition) is 2. The number of anilines is 5. The van der Waals surface area contributed by atoms with Crippen LogP contribution < -0.4 is 9.80 Å². The Hall–Kier alpha value is -2.74. The van der Waals surface area contributed by atoms with E-state index in [9.17, 15) is 0 Å². The topological polar surface area (TPSA) is 6.48 Å². The predicted octanol–water partition coefficient (Wildman–Crippen LogP) is 5.55. The quantitative estimate of drug-likeness (QED) is 0.579. The summed E-state index contributed by atoms with van der Waals surface area (Å²) in [6.45, 7) is 2.14. The van der Waals surface area contributed by atoms with Gasteiger partial charge in [-0.05, 0) is 48.9 Å². The predicted molar refractivity (Wildman–Crippen MR) is 93.9 cm³/mol. The van der Waals surface area contributed by atoms with Crippen molar-refractivity contribution >= 4 is 28.4 Å². The molecule has 3 aromatic rings. The Morgan fingerprint density at radius 1 is 0.636 bits per heavy atom. The molecule has 0 atom stereocenters. The van der Waals surface area contributed by atoms with Gasteiger partial charge in [-0.3, -0.25) is 0 Å². The minimum atomic E-state index is 1.20. The van der Waals surface area contributed by atoms with Gasteiger partial charge in [0, 0.05) is 12.7 Å². The van der Waals surface area contributed by atoms with Crippen molar-refractivity contribution in [2.75, 3.05) is 16.8 Å². The van der Waals surface area contributed by atoms with Crippen LogP contribution in [-0.4, -0.2) is 7.05 Å². The zero-order valence-electron chi connectivity index (χ0n) is 12.8. The zero-order valence-corrected chi connectivity index (χ0v) is 12.8. The van der Waals surface area contributed by atoms with Crippen LogP contribution >= 0.6 is 0 Å². The molecule has 0 N–H and O–H groups in total. The smallest absolute Gasteiger partial charge is 0.0699 e. The van der Waals surface area contributed by atoms with Crippen molar-refractivity contribution in [1.82, 2.24) is 0 Å². The van der Waals surface area contributed by atoms with Gasteiger partial charge in [0.05, 0.1) is 22.7 Å². The molecular weight excluding hydrogens is 268 g/mol. The molecule has 0 fully saturated rings. The van der Waals surface area contributed by atoms with E-state index in [0.717, 1.165) is 0 Å². The van der Waals surface area contributed by atoms with Crippen LogP contribution in [0.1, 0.15) is 5.56 Å². The van der Waals surface area contributed by atoms with E-state index >= 15 is 0 Å². The minimum Gasteiger partial charge on any atom is -0.341 e. The molecule has 0 radical (unpaired) electrons. The number of hydrogen-bond donors (Lipinski definition) is 0. The Morgan fingerprint density at radius 2 is 1.18 bits per heavy atom. The SMILES string of the molecule is Cc1cccc(N2c3ccccc3N(C)c3ccccc32)c1. The monoisotopic (exact) mass is 286 g/mol. The first-order chi connectivity index (χ1) is 10.8. The van der Waals surface area contributed by atoms with Gasteiger partial charge in [-0.25, -0.2) is 0 Å². The van der Waals surface area contributed by atoms with E-state index in [2.05, 4.69) is 96.6 Å². The van der Waals surface area contributed by atoms with Crippen molar-refractivity contribution in [2.24, 2.45) is 0 Å². The summed E-state index contributed by atoms with van der Waals surface area (Å²) in [6, 6.07) is 25.8. The lowest BCUT2D eigenvalue weighted by atomic mass is 10.1. The third-order valence-corrected chi connectivity index (χ3v) is 4.23. The number of benzene rings is 3. The Balaban J connectivity index is 2.00. The van der Waals surface area contributed by atoms with Crippen LogP contribution in [0.15, 0.2) is 72.8 Å². The van der Waals surface area contributed by atoms with Crippen LogP contribution in [0.5, 0.6) is 0 Å². The van der Waals surface area contributed by atoms with E-state index in [1.165, 1.54) is 34.0 Å². The molecule has 0 aliphatic carbocycles. The van der Waals surface area contributed by atoms with Gasteiger partial charge in [-0.2, -0.15) is 0 Å². The van der Waals surface area contributed by atoms with Crippen molar-refractivity contribution in [1.29, 1.82) is 0 Å². The molecule has 2 heteroatoms. The molecule has 3 aromatic carbocycles. The molecule has 4 rings (SSSR count). The highest BCUT2D eigenvalue weighted by atomic mass is 15.3. The molecule has 1 aliphatic heterocycles. The molecule has 0 amide bonds. The number of nitrogens with zero attached hydrogens (tertiary/aromatic N) is 2. The Labute approximate surface area is 131 Å². The lowest BCUT2D eigenvalue weighted by molar-refractivity contribution is 1.13. The van der Waals surface area contributed by atoms with Crippen molar-refractivity contribution in [3.05, 3.63) is 78.4 Å². The highest BCUT2D eigenvalue weighted by Crippen LogP contribution is 2.50. The fourth-order valence-corrected chi connectivity index (χ4v) is 3.18. The zero-order chi connectivity index (χ0) is 15.1. The summed E-state index contributed by atoms with van der Waals surface area (Å²) in [5.74, 6) is 0. The van der Waals surface area contributed by atoms with E-state index in [0.29, 0.717) is 0 Å². The normalized spacial score (nSPS) is 12.8. The molecular formula is C20H18N2. The molecule has 0 spiro atoms. The van der Waals surface area contributed by atoms with E-state index in [1.54, 1.807) is 0 Å².